The van der Waals surface area contributed by atoms with E-state index in [0.717, 1.165) is 5.56 Å². The Morgan fingerprint density at radius 1 is 1.26 bits per heavy atom. The predicted octanol–water partition coefficient (Wildman–Crippen LogP) is 3.16. The van der Waals surface area contributed by atoms with Gasteiger partial charge in [0.25, 0.3) is 0 Å². The van der Waals surface area contributed by atoms with E-state index in [4.69, 9.17) is 39.5 Å². The minimum absolute atomic E-state index is 0.0118. The Hall–Kier alpha value is -0.480. The van der Waals surface area contributed by atoms with Crippen LogP contribution in [0.2, 0.25) is 5.02 Å². The van der Waals surface area contributed by atoms with Crippen LogP contribution in [0.1, 0.15) is 5.56 Å². The molecule has 0 spiro atoms. The molecule has 0 N–H and O–H groups in total. The van der Waals surface area contributed by atoms with Gasteiger partial charge in [-0.25, -0.2) is 0 Å². The van der Waals surface area contributed by atoms with Crippen LogP contribution in [0.5, 0.6) is 0 Å². The van der Waals surface area contributed by atoms with Crippen LogP contribution in [0.3, 0.4) is 0 Å². The molecule has 0 saturated carbocycles. The minimum Gasteiger partial charge on any atom is -0.375 e. The van der Waals surface area contributed by atoms with E-state index in [0.29, 0.717) is 11.6 Å². The molecule has 19 heavy (non-hydrogen) atoms. The number of halogens is 3. The summed E-state index contributed by atoms with van der Waals surface area (Å²) in [6.07, 6.45) is 0. The van der Waals surface area contributed by atoms with Crippen molar-refractivity contribution in [1.82, 2.24) is 4.90 Å². The van der Waals surface area contributed by atoms with Gasteiger partial charge in [0.2, 0.25) is 5.91 Å². The number of rotatable bonds is 7. The summed E-state index contributed by atoms with van der Waals surface area (Å²) in [5.74, 6) is 0.433. The first-order chi connectivity index (χ1) is 9.12. The second kappa shape index (κ2) is 8.64. The van der Waals surface area contributed by atoms with Gasteiger partial charge < -0.3 is 9.64 Å². The first kappa shape index (κ1) is 16.6. The number of nitrogens with zero attached hydrogens (tertiary/aromatic N) is 1. The predicted molar refractivity (Wildman–Crippen MR) is 79.1 cm³/mol. The van der Waals surface area contributed by atoms with Gasteiger partial charge in [-0.15, -0.1) is 23.2 Å². The lowest BCUT2D eigenvalue weighted by Crippen LogP contribution is -2.43. The van der Waals surface area contributed by atoms with E-state index < -0.39 is 0 Å². The molecule has 0 radical (unpaired) electrons. The summed E-state index contributed by atoms with van der Waals surface area (Å²) in [5, 5.41) is 0.657. The molecule has 3 nitrogen and oxygen atoms in total. The van der Waals surface area contributed by atoms with Crippen molar-refractivity contribution in [2.75, 3.05) is 25.5 Å². The normalized spacial score (nSPS) is 10.8. The highest BCUT2D eigenvalue weighted by Crippen LogP contribution is 2.15. The highest BCUT2D eigenvalue weighted by molar-refractivity contribution is 6.30. The molecular formula is C13H16Cl3NO2. The lowest BCUT2D eigenvalue weighted by molar-refractivity contribution is -0.137. The summed E-state index contributed by atoms with van der Waals surface area (Å²) >= 11 is 17.6. The van der Waals surface area contributed by atoms with Crippen molar-refractivity contribution in [2.24, 2.45) is 0 Å². The van der Waals surface area contributed by atoms with Crippen molar-refractivity contribution in [1.29, 1.82) is 0 Å². The molecule has 0 heterocycles. The third-order valence-corrected chi connectivity index (χ3v) is 3.62. The van der Waals surface area contributed by atoms with Gasteiger partial charge in [0.15, 0.2) is 0 Å². The number of benzene rings is 1. The van der Waals surface area contributed by atoms with Crippen molar-refractivity contribution in [3.63, 3.8) is 0 Å². The molecule has 0 aliphatic rings. The monoisotopic (exact) mass is 323 g/mol. The molecule has 0 bridgehead atoms. The Morgan fingerprint density at radius 3 is 2.32 bits per heavy atom. The summed E-state index contributed by atoms with van der Waals surface area (Å²) in [4.78, 5) is 13.7. The molecule has 0 fully saturated rings. The highest BCUT2D eigenvalue weighted by Gasteiger charge is 2.22. The number of amides is 1. The van der Waals surface area contributed by atoms with E-state index in [1.807, 2.05) is 12.1 Å². The highest BCUT2D eigenvalue weighted by atomic mass is 35.5. The fourth-order valence-electron chi connectivity index (χ4n) is 1.62. The smallest absolute Gasteiger partial charge is 0.249 e. The standard InChI is InChI=1S/C13H16Cl3NO2/c1-19-9-13(18)17(12(6-14)7-15)8-10-2-4-11(16)5-3-10/h2-5,12H,6-9H2,1H3. The zero-order valence-electron chi connectivity index (χ0n) is 10.6. The average molecular weight is 325 g/mol. The Labute approximate surface area is 128 Å². The van der Waals surface area contributed by atoms with E-state index >= 15 is 0 Å². The van der Waals surface area contributed by atoms with Gasteiger partial charge in [-0.05, 0) is 17.7 Å². The van der Waals surface area contributed by atoms with Crippen LogP contribution in [0, 0.1) is 0 Å². The van der Waals surface area contributed by atoms with E-state index in [2.05, 4.69) is 0 Å². The number of alkyl halides is 2. The van der Waals surface area contributed by atoms with E-state index in [1.54, 1.807) is 17.0 Å². The SMILES string of the molecule is COCC(=O)N(Cc1ccc(Cl)cc1)C(CCl)CCl. The number of ether oxygens (including phenoxy) is 1. The molecule has 0 saturated heterocycles. The molecule has 6 heteroatoms. The molecule has 0 aliphatic carbocycles. The fraction of sp³-hybridized carbons (Fsp3) is 0.462. The van der Waals surface area contributed by atoms with E-state index in [1.165, 1.54) is 7.11 Å². The number of carbonyl (C=O) groups is 1. The average Bonchev–Trinajstić information content (AvgIpc) is 2.41. The van der Waals surface area contributed by atoms with Crippen LogP contribution in [0.25, 0.3) is 0 Å². The summed E-state index contributed by atoms with van der Waals surface area (Å²) in [6.45, 7) is 0.446. The van der Waals surface area contributed by atoms with Crippen molar-refractivity contribution < 1.29 is 9.53 Å². The first-order valence-corrected chi connectivity index (χ1v) is 7.21. The number of carbonyl (C=O) groups excluding carboxylic acids is 1. The van der Waals surface area contributed by atoms with Crippen LogP contribution < -0.4 is 0 Å². The van der Waals surface area contributed by atoms with Gasteiger partial charge in [0.05, 0.1) is 6.04 Å². The maximum Gasteiger partial charge on any atom is 0.249 e. The Bertz CT molecular complexity index is 393. The summed E-state index contributed by atoms with van der Waals surface area (Å²) in [7, 11) is 1.48. The fourth-order valence-corrected chi connectivity index (χ4v) is 2.41. The molecule has 1 rings (SSSR count). The Balaban J connectivity index is 2.83. The lowest BCUT2D eigenvalue weighted by atomic mass is 10.2. The van der Waals surface area contributed by atoms with Gasteiger partial charge in [0, 0.05) is 30.4 Å². The zero-order valence-corrected chi connectivity index (χ0v) is 12.9. The third-order valence-electron chi connectivity index (χ3n) is 2.65. The van der Waals surface area contributed by atoms with Crippen LogP contribution >= 0.6 is 34.8 Å². The summed E-state index contributed by atoms with van der Waals surface area (Å²) < 4.78 is 4.88. The molecule has 0 atom stereocenters. The summed E-state index contributed by atoms with van der Waals surface area (Å²) in [6, 6.07) is 7.09. The van der Waals surface area contributed by atoms with Gasteiger partial charge in [0.1, 0.15) is 6.61 Å². The van der Waals surface area contributed by atoms with Gasteiger partial charge >= 0.3 is 0 Å². The third kappa shape index (κ3) is 5.19. The molecule has 1 aromatic carbocycles. The number of hydrogen-bond donors (Lipinski definition) is 0. The van der Waals surface area contributed by atoms with Crippen LogP contribution in [0.15, 0.2) is 24.3 Å². The second-order valence-corrected chi connectivity index (χ2v) is 5.10. The van der Waals surface area contributed by atoms with E-state index in [-0.39, 0.29) is 30.3 Å². The van der Waals surface area contributed by atoms with Gasteiger partial charge in [-0.2, -0.15) is 0 Å². The van der Waals surface area contributed by atoms with Crippen LogP contribution in [0.4, 0.5) is 0 Å². The molecule has 1 aromatic rings. The number of hydrogen-bond acceptors (Lipinski definition) is 2. The van der Waals surface area contributed by atoms with Crippen LogP contribution in [-0.4, -0.2) is 42.3 Å². The lowest BCUT2D eigenvalue weighted by Gasteiger charge is -2.29. The minimum atomic E-state index is -0.221. The molecular weight excluding hydrogens is 309 g/mol. The second-order valence-electron chi connectivity index (χ2n) is 4.04. The number of methoxy groups -OCH3 is 1. The van der Waals surface area contributed by atoms with Crippen molar-refractivity contribution >= 4 is 40.7 Å². The molecule has 0 aliphatic heterocycles. The maximum absolute atomic E-state index is 12.0. The van der Waals surface area contributed by atoms with Gasteiger partial charge in [-0.3, -0.25) is 4.79 Å². The van der Waals surface area contributed by atoms with Crippen molar-refractivity contribution in [3.8, 4) is 0 Å². The van der Waals surface area contributed by atoms with Crippen molar-refractivity contribution in [3.05, 3.63) is 34.9 Å². The summed E-state index contributed by atoms with van der Waals surface area (Å²) in [5.41, 5.74) is 0.967. The zero-order chi connectivity index (χ0) is 14.3. The Kier molecular flexibility index (Phi) is 7.54. The Morgan fingerprint density at radius 2 is 1.84 bits per heavy atom. The molecule has 0 aromatic heterocycles. The van der Waals surface area contributed by atoms with Crippen LogP contribution in [-0.2, 0) is 16.1 Å². The van der Waals surface area contributed by atoms with E-state index in [9.17, 15) is 4.79 Å². The quantitative estimate of drug-likeness (QED) is 0.721. The van der Waals surface area contributed by atoms with Crippen molar-refractivity contribution in [2.45, 2.75) is 12.6 Å². The van der Waals surface area contributed by atoms with Gasteiger partial charge in [-0.1, -0.05) is 23.7 Å². The largest absolute Gasteiger partial charge is 0.375 e. The first-order valence-electron chi connectivity index (χ1n) is 5.77. The molecule has 1 amide bonds. The molecule has 106 valence electrons. The topological polar surface area (TPSA) is 29.5 Å². The maximum atomic E-state index is 12.0. The molecule has 0 unspecified atom stereocenters.